The Balaban J connectivity index is 2.11. The highest BCUT2D eigenvalue weighted by molar-refractivity contribution is 7.91. The summed E-state index contributed by atoms with van der Waals surface area (Å²) in [6.07, 6.45) is 0.987. The summed E-state index contributed by atoms with van der Waals surface area (Å²) in [5, 5.41) is 8.99. The summed E-state index contributed by atoms with van der Waals surface area (Å²) in [4.78, 5) is 26.2. The number of carbonyl (C=O) groups is 2. The highest BCUT2D eigenvalue weighted by atomic mass is 32.2. The summed E-state index contributed by atoms with van der Waals surface area (Å²) < 4.78 is 28.4. The van der Waals surface area contributed by atoms with Gasteiger partial charge in [0.2, 0.25) is 0 Å². The third kappa shape index (κ3) is 4.31. The lowest BCUT2D eigenvalue weighted by molar-refractivity contribution is -0.138. The molecule has 21 heavy (non-hydrogen) atoms. The number of carboxylic acids is 1. The van der Waals surface area contributed by atoms with Crippen LogP contribution in [0.25, 0.3) is 0 Å². The standard InChI is InChI=1S/C12H20N2O6S/c15-11(16)8-14(10-2-7-21(18,19)9-10)12(17)13-3-1-5-20-6-4-13/h10H,1-9H2,(H,15,16). The van der Waals surface area contributed by atoms with Gasteiger partial charge in [0.15, 0.2) is 9.84 Å². The molecule has 0 saturated carbocycles. The van der Waals surface area contributed by atoms with Crippen molar-refractivity contribution in [3.05, 3.63) is 0 Å². The number of carbonyl (C=O) groups excluding carboxylic acids is 1. The maximum atomic E-state index is 12.5. The number of urea groups is 1. The zero-order chi connectivity index (χ0) is 15.5. The van der Waals surface area contributed by atoms with Gasteiger partial charge in [-0.15, -0.1) is 0 Å². The maximum absolute atomic E-state index is 12.5. The summed E-state index contributed by atoms with van der Waals surface area (Å²) in [6, 6.07) is -0.965. The van der Waals surface area contributed by atoms with Gasteiger partial charge in [-0.2, -0.15) is 0 Å². The van der Waals surface area contributed by atoms with Crippen molar-refractivity contribution in [2.45, 2.75) is 18.9 Å². The van der Waals surface area contributed by atoms with Crippen LogP contribution in [-0.2, 0) is 19.4 Å². The average molecular weight is 320 g/mol. The van der Waals surface area contributed by atoms with Crippen molar-refractivity contribution in [1.82, 2.24) is 9.80 Å². The van der Waals surface area contributed by atoms with Crippen molar-refractivity contribution in [3.8, 4) is 0 Å². The average Bonchev–Trinajstić information content (AvgIpc) is 2.64. The Kier molecular flexibility index (Phi) is 5.04. The molecular weight excluding hydrogens is 300 g/mol. The van der Waals surface area contributed by atoms with Crippen LogP contribution in [0.2, 0.25) is 0 Å². The minimum absolute atomic E-state index is 0.00414. The molecule has 2 fully saturated rings. The second-order valence-electron chi connectivity index (χ2n) is 5.31. The van der Waals surface area contributed by atoms with Gasteiger partial charge in [0.05, 0.1) is 18.1 Å². The number of amides is 2. The second kappa shape index (κ2) is 6.61. The van der Waals surface area contributed by atoms with Crippen LogP contribution in [-0.4, -0.2) is 85.7 Å². The molecule has 0 aromatic carbocycles. The topological polar surface area (TPSA) is 104 Å². The fraction of sp³-hybridized carbons (Fsp3) is 0.833. The van der Waals surface area contributed by atoms with E-state index in [4.69, 9.17) is 9.84 Å². The zero-order valence-corrected chi connectivity index (χ0v) is 12.5. The smallest absolute Gasteiger partial charge is 0.323 e. The van der Waals surface area contributed by atoms with Gasteiger partial charge < -0.3 is 19.6 Å². The lowest BCUT2D eigenvalue weighted by atomic mass is 10.2. The molecule has 2 rings (SSSR count). The van der Waals surface area contributed by atoms with Crippen LogP contribution in [0.1, 0.15) is 12.8 Å². The summed E-state index contributed by atoms with van der Waals surface area (Å²) in [5.74, 6) is -1.29. The lowest BCUT2D eigenvalue weighted by Crippen LogP contribution is -2.51. The molecule has 2 saturated heterocycles. The van der Waals surface area contributed by atoms with E-state index in [-0.39, 0.29) is 11.5 Å². The molecule has 2 aliphatic rings. The number of carboxylic acid groups (broad SMARTS) is 1. The van der Waals surface area contributed by atoms with E-state index < -0.39 is 34.4 Å². The van der Waals surface area contributed by atoms with Gasteiger partial charge in [-0.1, -0.05) is 0 Å². The third-order valence-corrected chi connectivity index (χ3v) is 5.44. The van der Waals surface area contributed by atoms with Crippen molar-refractivity contribution in [2.75, 3.05) is 44.4 Å². The van der Waals surface area contributed by atoms with Crippen LogP contribution in [0.5, 0.6) is 0 Å². The second-order valence-corrected chi connectivity index (χ2v) is 7.54. The number of rotatable bonds is 3. The third-order valence-electron chi connectivity index (χ3n) is 3.69. The molecule has 2 amide bonds. The fourth-order valence-corrected chi connectivity index (χ4v) is 4.37. The molecule has 0 spiro atoms. The Morgan fingerprint density at radius 3 is 2.67 bits per heavy atom. The van der Waals surface area contributed by atoms with E-state index >= 15 is 0 Å². The van der Waals surface area contributed by atoms with E-state index in [1.807, 2.05) is 0 Å². The monoisotopic (exact) mass is 320 g/mol. The molecule has 2 aliphatic heterocycles. The SMILES string of the molecule is O=C(O)CN(C(=O)N1CCCOCC1)C1CCS(=O)(=O)C1. The number of aliphatic carboxylic acids is 1. The molecule has 1 unspecified atom stereocenters. The van der Waals surface area contributed by atoms with E-state index in [2.05, 4.69) is 0 Å². The Morgan fingerprint density at radius 2 is 2.05 bits per heavy atom. The quantitative estimate of drug-likeness (QED) is 0.745. The zero-order valence-electron chi connectivity index (χ0n) is 11.7. The molecule has 0 aliphatic carbocycles. The van der Waals surface area contributed by atoms with Crippen molar-refractivity contribution in [3.63, 3.8) is 0 Å². The van der Waals surface area contributed by atoms with Gasteiger partial charge in [0.25, 0.3) is 0 Å². The minimum Gasteiger partial charge on any atom is -0.480 e. The Morgan fingerprint density at radius 1 is 1.29 bits per heavy atom. The maximum Gasteiger partial charge on any atom is 0.323 e. The molecule has 1 N–H and O–H groups in total. The summed E-state index contributed by atoms with van der Waals surface area (Å²) in [6.45, 7) is 1.40. The van der Waals surface area contributed by atoms with E-state index in [9.17, 15) is 18.0 Å². The van der Waals surface area contributed by atoms with Crippen molar-refractivity contribution in [1.29, 1.82) is 0 Å². The summed E-state index contributed by atoms with van der Waals surface area (Å²) >= 11 is 0. The molecule has 8 nitrogen and oxygen atoms in total. The van der Waals surface area contributed by atoms with Crippen molar-refractivity contribution < 1.29 is 27.9 Å². The number of hydrogen-bond donors (Lipinski definition) is 1. The molecule has 120 valence electrons. The first-order valence-corrected chi connectivity index (χ1v) is 8.77. The number of sulfone groups is 1. The van der Waals surface area contributed by atoms with E-state index in [1.165, 1.54) is 4.90 Å². The molecule has 9 heteroatoms. The van der Waals surface area contributed by atoms with Gasteiger partial charge in [-0.25, -0.2) is 13.2 Å². The van der Waals surface area contributed by atoms with Gasteiger partial charge in [0, 0.05) is 25.7 Å². The molecule has 0 aromatic heterocycles. The van der Waals surface area contributed by atoms with E-state index in [1.54, 1.807) is 4.90 Å². The molecular formula is C12H20N2O6S. The molecule has 0 bridgehead atoms. The fourth-order valence-electron chi connectivity index (χ4n) is 2.64. The highest BCUT2D eigenvalue weighted by Gasteiger charge is 2.37. The van der Waals surface area contributed by atoms with Crippen LogP contribution in [0.4, 0.5) is 4.79 Å². The van der Waals surface area contributed by atoms with Gasteiger partial charge in [-0.3, -0.25) is 4.79 Å². The molecule has 1 atom stereocenters. The van der Waals surface area contributed by atoms with Crippen LogP contribution < -0.4 is 0 Å². The predicted octanol–water partition coefficient (Wildman–Crippen LogP) is -0.598. The Hall–Kier alpha value is -1.35. The number of ether oxygens (including phenoxy) is 1. The lowest BCUT2D eigenvalue weighted by Gasteiger charge is -2.32. The van der Waals surface area contributed by atoms with Crippen LogP contribution >= 0.6 is 0 Å². The minimum atomic E-state index is -3.18. The van der Waals surface area contributed by atoms with Crippen LogP contribution in [0.15, 0.2) is 0 Å². The first kappa shape index (κ1) is 16.0. The Bertz CT molecular complexity index is 498. The molecule has 0 radical (unpaired) electrons. The van der Waals surface area contributed by atoms with Gasteiger partial charge in [-0.05, 0) is 12.8 Å². The van der Waals surface area contributed by atoms with E-state index in [0.29, 0.717) is 39.1 Å². The van der Waals surface area contributed by atoms with E-state index in [0.717, 1.165) is 0 Å². The molecule has 0 aromatic rings. The summed E-state index contributed by atoms with van der Waals surface area (Å²) in [7, 11) is -3.18. The van der Waals surface area contributed by atoms with Crippen LogP contribution in [0, 0.1) is 0 Å². The predicted molar refractivity (Wildman–Crippen MR) is 73.8 cm³/mol. The normalized spacial score (nSPS) is 25.3. The van der Waals surface area contributed by atoms with Gasteiger partial charge >= 0.3 is 12.0 Å². The number of nitrogens with zero attached hydrogens (tertiary/aromatic N) is 2. The van der Waals surface area contributed by atoms with Crippen LogP contribution in [0.3, 0.4) is 0 Å². The van der Waals surface area contributed by atoms with Gasteiger partial charge in [0.1, 0.15) is 6.54 Å². The summed E-state index contributed by atoms with van der Waals surface area (Å²) in [5.41, 5.74) is 0. The first-order valence-electron chi connectivity index (χ1n) is 6.94. The van der Waals surface area contributed by atoms with Crippen molar-refractivity contribution >= 4 is 21.8 Å². The number of hydrogen-bond acceptors (Lipinski definition) is 5. The largest absolute Gasteiger partial charge is 0.480 e. The van der Waals surface area contributed by atoms with Crippen molar-refractivity contribution in [2.24, 2.45) is 0 Å². The Labute approximate surface area is 123 Å². The highest BCUT2D eigenvalue weighted by Crippen LogP contribution is 2.19. The first-order chi connectivity index (χ1) is 9.89. The molecule has 2 heterocycles.